The SMILES string of the molecule is CN=C(NCCc1cccc(C(=O)N(C)C)c1)NCC1CCCOC1c1ccccc1. The Kier molecular flexibility index (Phi) is 8.47. The molecule has 2 aromatic rings. The Bertz CT molecular complexity index is 867. The minimum absolute atomic E-state index is 0.0231. The van der Waals surface area contributed by atoms with E-state index in [1.54, 1.807) is 26.0 Å². The minimum atomic E-state index is 0.0231. The molecule has 1 saturated heterocycles. The molecule has 166 valence electrons. The number of rotatable bonds is 7. The summed E-state index contributed by atoms with van der Waals surface area (Å²) >= 11 is 0. The van der Waals surface area contributed by atoms with Crippen molar-refractivity contribution in [3.63, 3.8) is 0 Å². The number of amides is 1. The van der Waals surface area contributed by atoms with Crippen LogP contribution in [0.2, 0.25) is 0 Å². The fourth-order valence-corrected chi connectivity index (χ4v) is 3.96. The number of benzene rings is 2. The Morgan fingerprint density at radius 3 is 2.68 bits per heavy atom. The van der Waals surface area contributed by atoms with Gasteiger partial charge in [0.25, 0.3) is 5.91 Å². The van der Waals surface area contributed by atoms with Crippen molar-refractivity contribution in [3.8, 4) is 0 Å². The number of hydrogen-bond acceptors (Lipinski definition) is 3. The molecule has 2 aromatic carbocycles. The summed E-state index contributed by atoms with van der Waals surface area (Å²) < 4.78 is 6.10. The van der Waals surface area contributed by atoms with E-state index in [1.807, 2.05) is 30.3 Å². The first-order chi connectivity index (χ1) is 15.1. The highest BCUT2D eigenvalue weighted by atomic mass is 16.5. The molecule has 0 spiro atoms. The van der Waals surface area contributed by atoms with Gasteiger partial charge in [-0.15, -0.1) is 0 Å². The molecule has 1 heterocycles. The van der Waals surface area contributed by atoms with Crippen LogP contribution in [0.15, 0.2) is 59.6 Å². The van der Waals surface area contributed by atoms with Gasteiger partial charge in [0.2, 0.25) is 0 Å². The molecule has 0 bridgehead atoms. The number of guanidine groups is 1. The number of carbonyl (C=O) groups is 1. The molecule has 1 amide bonds. The smallest absolute Gasteiger partial charge is 0.253 e. The average Bonchev–Trinajstić information content (AvgIpc) is 2.81. The third-order valence-corrected chi connectivity index (χ3v) is 5.61. The van der Waals surface area contributed by atoms with Gasteiger partial charge in [-0.25, -0.2) is 0 Å². The Labute approximate surface area is 185 Å². The van der Waals surface area contributed by atoms with Gasteiger partial charge in [-0.1, -0.05) is 42.5 Å². The van der Waals surface area contributed by atoms with E-state index in [9.17, 15) is 4.79 Å². The molecule has 2 unspecified atom stereocenters. The van der Waals surface area contributed by atoms with Crippen LogP contribution >= 0.6 is 0 Å². The van der Waals surface area contributed by atoms with Crippen LogP contribution < -0.4 is 10.6 Å². The molecule has 2 atom stereocenters. The predicted molar refractivity (Wildman–Crippen MR) is 125 cm³/mol. The first-order valence-corrected chi connectivity index (χ1v) is 11.0. The van der Waals surface area contributed by atoms with Gasteiger partial charge >= 0.3 is 0 Å². The molecule has 0 saturated carbocycles. The summed E-state index contributed by atoms with van der Waals surface area (Å²) in [7, 11) is 5.33. The van der Waals surface area contributed by atoms with Crippen LogP contribution in [0.5, 0.6) is 0 Å². The van der Waals surface area contributed by atoms with Gasteiger partial charge in [-0.2, -0.15) is 0 Å². The van der Waals surface area contributed by atoms with Crippen molar-refractivity contribution in [1.82, 2.24) is 15.5 Å². The highest BCUT2D eigenvalue weighted by Gasteiger charge is 2.27. The van der Waals surface area contributed by atoms with Crippen molar-refractivity contribution < 1.29 is 9.53 Å². The maximum absolute atomic E-state index is 12.2. The van der Waals surface area contributed by atoms with E-state index in [0.29, 0.717) is 11.5 Å². The van der Waals surface area contributed by atoms with Crippen molar-refractivity contribution in [1.29, 1.82) is 0 Å². The zero-order valence-electron chi connectivity index (χ0n) is 18.8. The Hall–Kier alpha value is -2.86. The van der Waals surface area contributed by atoms with Gasteiger partial charge in [-0.05, 0) is 42.5 Å². The second kappa shape index (κ2) is 11.5. The highest BCUT2D eigenvalue weighted by Crippen LogP contribution is 2.33. The molecule has 31 heavy (non-hydrogen) atoms. The number of nitrogens with zero attached hydrogens (tertiary/aromatic N) is 2. The van der Waals surface area contributed by atoms with E-state index >= 15 is 0 Å². The Morgan fingerprint density at radius 2 is 1.94 bits per heavy atom. The normalized spacial score (nSPS) is 19.0. The molecule has 0 aromatic heterocycles. The zero-order valence-corrected chi connectivity index (χ0v) is 18.8. The fraction of sp³-hybridized carbons (Fsp3) is 0.440. The van der Waals surface area contributed by atoms with Gasteiger partial charge in [0.05, 0.1) is 6.10 Å². The van der Waals surface area contributed by atoms with E-state index in [4.69, 9.17) is 4.74 Å². The Balaban J connectivity index is 1.50. The largest absolute Gasteiger partial charge is 0.373 e. The summed E-state index contributed by atoms with van der Waals surface area (Å²) in [4.78, 5) is 18.1. The summed E-state index contributed by atoms with van der Waals surface area (Å²) in [5, 5.41) is 6.85. The summed E-state index contributed by atoms with van der Waals surface area (Å²) in [6.45, 7) is 2.37. The van der Waals surface area contributed by atoms with Crippen LogP contribution in [-0.2, 0) is 11.2 Å². The number of hydrogen-bond donors (Lipinski definition) is 2. The van der Waals surface area contributed by atoms with E-state index < -0.39 is 0 Å². The van der Waals surface area contributed by atoms with Crippen molar-refractivity contribution in [2.45, 2.75) is 25.4 Å². The highest BCUT2D eigenvalue weighted by molar-refractivity contribution is 5.94. The quantitative estimate of drug-likeness (QED) is 0.531. The second-order valence-electron chi connectivity index (χ2n) is 8.13. The van der Waals surface area contributed by atoms with E-state index in [2.05, 4.69) is 39.9 Å². The van der Waals surface area contributed by atoms with Crippen LogP contribution in [0.25, 0.3) is 0 Å². The monoisotopic (exact) mass is 422 g/mol. The lowest BCUT2D eigenvalue weighted by Crippen LogP contribution is -2.42. The summed E-state index contributed by atoms with van der Waals surface area (Å²) in [6, 6.07) is 18.3. The third-order valence-electron chi connectivity index (χ3n) is 5.61. The number of aliphatic imine (C=N–C) groups is 1. The number of nitrogens with one attached hydrogen (secondary N) is 2. The summed E-state index contributed by atoms with van der Waals surface area (Å²) in [5.41, 5.74) is 3.08. The number of carbonyl (C=O) groups excluding carboxylic acids is 1. The summed E-state index contributed by atoms with van der Waals surface area (Å²) in [6.07, 6.45) is 3.16. The fourth-order valence-electron chi connectivity index (χ4n) is 3.96. The molecular formula is C25H34N4O2. The Morgan fingerprint density at radius 1 is 1.13 bits per heavy atom. The molecule has 1 aliphatic rings. The summed E-state index contributed by atoms with van der Waals surface area (Å²) in [5.74, 6) is 1.22. The van der Waals surface area contributed by atoms with Gasteiger partial charge < -0.3 is 20.3 Å². The van der Waals surface area contributed by atoms with Crippen molar-refractivity contribution >= 4 is 11.9 Å². The lowest BCUT2D eigenvalue weighted by molar-refractivity contribution is -0.0265. The zero-order chi connectivity index (χ0) is 22.1. The van der Waals surface area contributed by atoms with E-state index in [1.165, 1.54) is 5.56 Å². The first kappa shape index (κ1) is 22.8. The lowest BCUT2D eigenvalue weighted by atomic mass is 9.89. The lowest BCUT2D eigenvalue weighted by Gasteiger charge is -2.32. The molecular weight excluding hydrogens is 388 g/mol. The second-order valence-corrected chi connectivity index (χ2v) is 8.13. The van der Waals surface area contributed by atoms with Crippen LogP contribution in [-0.4, -0.2) is 57.6 Å². The average molecular weight is 423 g/mol. The molecule has 6 nitrogen and oxygen atoms in total. The van der Waals surface area contributed by atoms with Crippen LogP contribution in [0.1, 0.15) is 40.4 Å². The number of ether oxygens (including phenoxy) is 1. The van der Waals surface area contributed by atoms with Crippen molar-refractivity contribution in [2.24, 2.45) is 10.9 Å². The minimum Gasteiger partial charge on any atom is -0.373 e. The molecule has 1 aliphatic heterocycles. The maximum atomic E-state index is 12.2. The van der Waals surface area contributed by atoms with Crippen LogP contribution in [0.3, 0.4) is 0 Å². The van der Waals surface area contributed by atoms with E-state index in [0.717, 1.165) is 50.5 Å². The van der Waals surface area contributed by atoms with Crippen LogP contribution in [0.4, 0.5) is 0 Å². The first-order valence-electron chi connectivity index (χ1n) is 11.0. The molecule has 2 N–H and O–H groups in total. The molecule has 0 radical (unpaired) electrons. The van der Waals surface area contributed by atoms with Gasteiger partial charge in [-0.3, -0.25) is 9.79 Å². The van der Waals surface area contributed by atoms with Crippen LogP contribution in [0, 0.1) is 5.92 Å². The molecule has 1 fully saturated rings. The van der Waals surface area contributed by atoms with Gasteiger partial charge in [0.1, 0.15) is 0 Å². The standard InChI is InChI=1S/C25H34N4O2/c1-26-25(27-15-14-19-9-7-12-21(17-19)24(30)29(2)3)28-18-22-13-8-16-31-23(22)20-10-5-4-6-11-20/h4-7,9-12,17,22-23H,8,13-16,18H2,1-3H3,(H2,26,27,28). The van der Waals surface area contributed by atoms with Gasteiger partial charge in [0.15, 0.2) is 5.96 Å². The molecule has 0 aliphatic carbocycles. The topological polar surface area (TPSA) is 66.0 Å². The van der Waals surface area contributed by atoms with E-state index in [-0.39, 0.29) is 12.0 Å². The third kappa shape index (κ3) is 6.56. The predicted octanol–water partition coefficient (Wildman–Crippen LogP) is 3.26. The van der Waals surface area contributed by atoms with Crippen molar-refractivity contribution in [3.05, 3.63) is 71.3 Å². The maximum Gasteiger partial charge on any atom is 0.253 e. The van der Waals surface area contributed by atoms with Gasteiger partial charge in [0, 0.05) is 52.3 Å². The molecule has 3 rings (SSSR count). The van der Waals surface area contributed by atoms with Crippen molar-refractivity contribution in [2.75, 3.05) is 40.8 Å². The molecule has 6 heteroatoms.